The van der Waals surface area contributed by atoms with Gasteiger partial charge in [0.15, 0.2) is 0 Å². The molecule has 104 valence electrons. The van der Waals surface area contributed by atoms with E-state index in [0.717, 1.165) is 19.3 Å². The third-order valence-corrected chi connectivity index (χ3v) is 4.03. The molecule has 0 aromatic rings. The standard InChI is InChI=1S/C14H19NO4/c1-3-9(14(18)19-2)7-8-15-12(16)10-5-4-6-11(10)13(15)17/h7,10-11H,3-6,8H2,1-2H3. The Morgan fingerprint density at radius 3 is 2.37 bits per heavy atom. The summed E-state index contributed by atoms with van der Waals surface area (Å²) in [5.41, 5.74) is 0.500. The quantitative estimate of drug-likeness (QED) is 0.436. The maximum Gasteiger partial charge on any atom is 0.333 e. The van der Waals surface area contributed by atoms with Gasteiger partial charge < -0.3 is 4.74 Å². The van der Waals surface area contributed by atoms with Gasteiger partial charge in [0.05, 0.1) is 18.9 Å². The van der Waals surface area contributed by atoms with Crippen LogP contribution in [0.1, 0.15) is 32.6 Å². The Bertz CT molecular complexity index is 419. The van der Waals surface area contributed by atoms with Crippen molar-refractivity contribution in [2.45, 2.75) is 32.6 Å². The van der Waals surface area contributed by atoms with E-state index in [1.54, 1.807) is 6.08 Å². The molecule has 0 radical (unpaired) electrons. The molecule has 5 nitrogen and oxygen atoms in total. The van der Waals surface area contributed by atoms with Gasteiger partial charge in [-0.25, -0.2) is 4.79 Å². The van der Waals surface area contributed by atoms with Crippen LogP contribution in [0.3, 0.4) is 0 Å². The molecule has 2 rings (SSSR count). The molecule has 5 heteroatoms. The summed E-state index contributed by atoms with van der Waals surface area (Å²) in [5, 5.41) is 0. The van der Waals surface area contributed by atoms with Crippen molar-refractivity contribution in [2.75, 3.05) is 13.7 Å². The number of carbonyl (C=O) groups is 3. The lowest BCUT2D eigenvalue weighted by Gasteiger charge is -2.14. The number of methoxy groups -OCH3 is 1. The summed E-state index contributed by atoms with van der Waals surface area (Å²) in [7, 11) is 1.32. The van der Waals surface area contributed by atoms with Crippen molar-refractivity contribution in [1.82, 2.24) is 4.90 Å². The normalized spacial score (nSPS) is 26.8. The fourth-order valence-corrected chi connectivity index (χ4v) is 2.94. The monoisotopic (exact) mass is 265 g/mol. The topological polar surface area (TPSA) is 63.7 Å². The van der Waals surface area contributed by atoms with E-state index in [1.807, 2.05) is 6.92 Å². The lowest BCUT2D eigenvalue weighted by Crippen LogP contribution is -2.32. The van der Waals surface area contributed by atoms with Crippen LogP contribution < -0.4 is 0 Å². The fourth-order valence-electron chi connectivity index (χ4n) is 2.94. The van der Waals surface area contributed by atoms with Crippen LogP contribution in [0.2, 0.25) is 0 Å². The van der Waals surface area contributed by atoms with Crippen molar-refractivity contribution >= 4 is 17.8 Å². The lowest BCUT2D eigenvalue weighted by molar-refractivity contribution is -0.140. The van der Waals surface area contributed by atoms with E-state index in [2.05, 4.69) is 4.74 Å². The van der Waals surface area contributed by atoms with Crippen LogP contribution in [-0.2, 0) is 19.1 Å². The Morgan fingerprint density at radius 1 is 1.32 bits per heavy atom. The van der Waals surface area contributed by atoms with E-state index in [4.69, 9.17) is 0 Å². The van der Waals surface area contributed by atoms with E-state index < -0.39 is 5.97 Å². The van der Waals surface area contributed by atoms with E-state index in [1.165, 1.54) is 12.0 Å². The number of imide groups is 1. The molecule has 0 N–H and O–H groups in total. The van der Waals surface area contributed by atoms with E-state index in [9.17, 15) is 14.4 Å². The molecule has 1 saturated carbocycles. The summed E-state index contributed by atoms with van der Waals surface area (Å²) in [6.07, 6.45) is 4.73. The van der Waals surface area contributed by atoms with Crippen molar-refractivity contribution in [2.24, 2.45) is 11.8 Å². The van der Waals surface area contributed by atoms with Gasteiger partial charge in [-0.05, 0) is 19.3 Å². The summed E-state index contributed by atoms with van der Waals surface area (Å²) in [6, 6.07) is 0. The molecule has 2 amide bonds. The summed E-state index contributed by atoms with van der Waals surface area (Å²) in [5.74, 6) is -0.803. The van der Waals surface area contributed by atoms with E-state index in [0.29, 0.717) is 12.0 Å². The van der Waals surface area contributed by atoms with Gasteiger partial charge in [0.1, 0.15) is 0 Å². The maximum absolute atomic E-state index is 12.1. The van der Waals surface area contributed by atoms with Crippen molar-refractivity contribution < 1.29 is 19.1 Å². The summed E-state index contributed by atoms with van der Waals surface area (Å²) in [6.45, 7) is 2.02. The minimum absolute atomic E-state index is 0.0796. The van der Waals surface area contributed by atoms with Gasteiger partial charge in [0.25, 0.3) is 0 Å². The fraction of sp³-hybridized carbons (Fsp3) is 0.643. The molecule has 2 aliphatic rings. The predicted octanol–water partition coefficient (Wildman–Crippen LogP) is 1.28. The molecule has 0 aromatic carbocycles. The largest absolute Gasteiger partial charge is 0.466 e. The first-order valence-corrected chi connectivity index (χ1v) is 6.72. The van der Waals surface area contributed by atoms with Crippen LogP contribution in [0, 0.1) is 11.8 Å². The number of carbonyl (C=O) groups excluding carboxylic acids is 3. The molecule has 1 aliphatic carbocycles. The third-order valence-electron chi connectivity index (χ3n) is 4.03. The predicted molar refractivity (Wildman–Crippen MR) is 67.9 cm³/mol. The number of fused-ring (bicyclic) bond motifs is 1. The van der Waals surface area contributed by atoms with Gasteiger partial charge in [-0.3, -0.25) is 14.5 Å². The average molecular weight is 265 g/mol. The number of rotatable bonds is 4. The Kier molecular flexibility index (Phi) is 4.02. The van der Waals surface area contributed by atoms with Crippen LogP contribution in [0.25, 0.3) is 0 Å². The second kappa shape index (κ2) is 5.55. The number of nitrogens with zero attached hydrogens (tertiary/aromatic N) is 1. The van der Waals surface area contributed by atoms with Crippen LogP contribution in [0.4, 0.5) is 0 Å². The molecular formula is C14H19NO4. The molecule has 1 aliphatic heterocycles. The van der Waals surface area contributed by atoms with Crippen LogP contribution >= 0.6 is 0 Å². The Balaban J connectivity index is 2.07. The van der Waals surface area contributed by atoms with Crippen molar-refractivity contribution in [1.29, 1.82) is 0 Å². The molecule has 2 fully saturated rings. The number of hydrogen-bond acceptors (Lipinski definition) is 4. The maximum atomic E-state index is 12.1. The lowest BCUT2D eigenvalue weighted by atomic mass is 10.00. The minimum atomic E-state index is -0.401. The molecule has 0 bridgehead atoms. The highest BCUT2D eigenvalue weighted by Crippen LogP contribution is 2.39. The van der Waals surface area contributed by atoms with Gasteiger partial charge in [-0.2, -0.15) is 0 Å². The Labute approximate surface area is 112 Å². The summed E-state index contributed by atoms with van der Waals surface area (Å²) in [4.78, 5) is 36.9. The Hall–Kier alpha value is -1.65. The molecule has 2 atom stereocenters. The van der Waals surface area contributed by atoms with Crippen LogP contribution in [0.5, 0.6) is 0 Å². The molecule has 0 aromatic heterocycles. The molecule has 1 saturated heterocycles. The zero-order valence-electron chi connectivity index (χ0n) is 11.3. The van der Waals surface area contributed by atoms with Gasteiger partial charge in [-0.1, -0.05) is 19.4 Å². The number of esters is 1. The van der Waals surface area contributed by atoms with Gasteiger partial charge in [0.2, 0.25) is 11.8 Å². The van der Waals surface area contributed by atoms with Gasteiger partial charge in [0, 0.05) is 12.1 Å². The highest BCUT2D eigenvalue weighted by Gasteiger charge is 2.49. The second-order valence-corrected chi connectivity index (χ2v) is 5.01. The number of hydrogen-bond donors (Lipinski definition) is 0. The minimum Gasteiger partial charge on any atom is -0.466 e. The summed E-state index contributed by atoms with van der Waals surface area (Å²) >= 11 is 0. The summed E-state index contributed by atoms with van der Waals surface area (Å²) < 4.78 is 4.65. The molecule has 2 unspecified atom stereocenters. The molecule has 19 heavy (non-hydrogen) atoms. The Morgan fingerprint density at radius 2 is 1.89 bits per heavy atom. The zero-order valence-corrected chi connectivity index (χ0v) is 11.3. The van der Waals surface area contributed by atoms with Gasteiger partial charge in [-0.15, -0.1) is 0 Å². The highest BCUT2D eigenvalue weighted by atomic mass is 16.5. The highest BCUT2D eigenvalue weighted by molar-refractivity contribution is 6.05. The zero-order chi connectivity index (χ0) is 14.0. The van der Waals surface area contributed by atoms with Crippen molar-refractivity contribution in [3.8, 4) is 0 Å². The van der Waals surface area contributed by atoms with Gasteiger partial charge >= 0.3 is 5.97 Å². The van der Waals surface area contributed by atoms with E-state index >= 15 is 0 Å². The number of likely N-dealkylation sites (tertiary alicyclic amines) is 1. The first-order chi connectivity index (χ1) is 9.10. The molecular weight excluding hydrogens is 246 g/mol. The first-order valence-electron chi connectivity index (χ1n) is 6.72. The average Bonchev–Trinajstić information content (AvgIpc) is 2.97. The SMILES string of the molecule is CCC(=CCN1C(=O)C2CCCC2C1=O)C(=O)OC. The second-order valence-electron chi connectivity index (χ2n) is 5.01. The third kappa shape index (κ3) is 2.41. The van der Waals surface area contributed by atoms with E-state index in [-0.39, 0.29) is 30.2 Å². The first kappa shape index (κ1) is 13.8. The number of amides is 2. The molecule has 1 heterocycles. The van der Waals surface area contributed by atoms with Crippen LogP contribution in [-0.4, -0.2) is 36.3 Å². The molecule has 0 spiro atoms. The van der Waals surface area contributed by atoms with Crippen LogP contribution in [0.15, 0.2) is 11.6 Å². The smallest absolute Gasteiger partial charge is 0.333 e. The van der Waals surface area contributed by atoms with Crippen molar-refractivity contribution in [3.63, 3.8) is 0 Å². The number of ether oxygens (including phenoxy) is 1. The van der Waals surface area contributed by atoms with Crippen molar-refractivity contribution in [3.05, 3.63) is 11.6 Å².